The summed E-state index contributed by atoms with van der Waals surface area (Å²) in [5.74, 6) is 0.796. The van der Waals surface area contributed by atoms with Crippen molar-refractivity contribution in [3.05, 3.63) is 53.5 Å². The third kappa shape index (κ3) is 6.87. The van der Waals surface area contributed by atoms with Gasteiger partial charge in [-0.05, 0) is 55.2 Å². The lowest BCUT2D eigenvalue weighted by Crippen LogP contribution is -2.20. The van der Waals surface area contributed by atoms with E-state index in [1.165, 1.54) is 0 Å². The number of hydrogen-bond donors (Lipinski definition) is 2. The van der Waals surface area contributed by atoms with Crippen LogP contribution in [0.2, 0.25) is 0 Å². The van der Waals surface area contributed by atoms with Crippen molar-refractivity contribution in [1.82, 2.24) is 15.3 Å². The van der Waals surface area contributed by atoms with Gasteiger partial charge in [-0.2, -0.15) is 5.26 Å². The predicted octanol–water partition coefficient (Wildman–Crippen LogP) is 3.23. The van der Waals surface area contributed by atoms with E-state index in [9.17, 15) is 5.26 Å². The monoisotopic (exact) mass is 433 g/mol. The Morgan fingerprint density at radius 3 is 2.84 bits per heavy atom. The van der Waals surface area contributed by atoms with Gasteiger partial charge in [0, 0.05) is 45.7 Å². The number of anilines is 2. The minimum absolute atomic E-state index is 0.451. The van der Waals surface area contributed by atoms with E-state index in [1.54, 1.807) is 19.5 Å². The highest BCUT2D eigenvalue weighted by molar-refractivity contribution is 5.84. The highest BCUT2D eigenvalue weighted by Gasteiger charge is 2.17. The average molecular weight is 434 g/mol. The number of aromatic nitrogens is 2. The first-order chi connectivity index (χ1) is 15.7. The molecule has 3 rings (SSSR count). The summed E-state index contributed by atoms with van der Waals surface area (Å²) >= 11 is 0. The van der Waals surface area contributed by atoms with Crippen molar-refractivity contribution in [2.75, 3.05) is 50.2 Å². The average Bonchev–Trinajstić information content (AvgIpc) is 3.37. The molecule has 0 amide bonds. The van der Waals surface area contributed by atoms with Crippen LogP contribution in [0.1, 0.15) is 36.6 Å². The molecule has 0 bridgehead atoms. The van der Waals surface area contributed by atoms with E-state index in [1.807, 2.05) is 37.4 Å². The number of ether oxygens (including phenoxy) is 1. The largest absolute Gasteiger partial charge is 0.383 e. The fraction of sp³-hybridized carbons (Fsp3) is 0.417. The number of aliphatic imine (C=N–C) groups is 1. The van der Waals surface area contributed by atoms with Crippen LogP contribution in [0.3, 0.4) is 0 Å². The smallest absolute Gasteiger partial charge is 0.146 e. The molecule has 2 N–H and O–H groups in total. The molecular formula is C24H31N7O. The molecule has 0 aromatic carbocycles. The van der Waals surface area contributed by atoms with E-state index in [4.69, 9.17) is 4.74 Å². The van der Waals surface area contributed by atoms with Gasteiger partial charge in [0.15, 0.2) is 0 Å². The molecule has 1 saturated heterocycles. The van der Waals surface area contributed by atoms with Gasteiger partial charge in [-0.25, -0.2) is 4.98 Å². The molecule has 2 aromatic heterocycles. The first-order valence-corrected chi connectivity index (χ1v) is 10.9. The van der Waals surface area contributed by atoms with Crippen LogP contribution in [0.15, 0.2) is 41.7 Å². The molecule has 3 heterocycles. The van der Waals surface area contributed by atoms with Gasteiger partial charge in [-0.1, -0.05) is 0 Å². The SMILES string of the molecule is COCCNCc1ccc(NC/N=C\C=C(/C)c2cnc(N3CCCC3)c(C#N)c2)cn1. The molecular weight excluding hydrogens is 402 g/mol. The Labute approximate surface area is 190 Å². The van der Waals surface area contributed by atoms with Gasteiger partial charge in [0.25, 0.3) is 0 Å². The summed E-state index contributed by atoms with van der Waals surface area (Å²) in [5.41, 5.74) is 4.47. The molecule has 0 saturated carbocycles. The van der Waals surface area contributed by atoms with E-state index in [-0.39, 0.29) is 0 Å². The van der Waals surface area contributed by atoms with E-state index in [0.29, 0.717) is 25.4 Å². The predicted molar refractivity (Wildman–Crippen MR) is 129 cm³/mol. The normalized spacial score (nSPS) is 14.2. The summed E-state index contributed by atoms with van der Waals surface area (Å²) in [6.45, 7) is 6.59. The Balaban J connectivity index is 1.48. The van der Waals surface area contributed by atoms with E-state index in [2.05, 4.69) is 36.6 Å². The number of nitriles is 1. The molecule has 8 nitrogen and oxygen atoms in total. The van der Waals surface area contributed by atoms with Crippen LogP contribution in [-0.2, 0) is 11.3 Å². The van der Waals surface area contributed by atoms with Crippen LogP contribution in [0, 0.1) is 11.3 Å². The van der Waals surface area contributed by atoms with Crippen LogP contribution in [-0.4, -0.2) is 56.2 Å². The minimum Gasteiger partial charge on any atom is -0.383 e. The maximum atomic E-state index is 9.54. The highest BCUT2D eigenvalue weighted by atomic mass is 16.5. The molecule has 1 aliphatic heterocycles. The number of nitrogens with one attached hydrogen (secondary N) is 2. The molecule has 1 fully saturated rings. The van der Waals surface area contributed by atoms with Gasteiger partial charge in [0.05, 0.1) is 29.7 Å². The van der Waals surface area contributed by atoms with Crippen molar-refractivity contribution in [3.8, 4) is 6.07 Å². The minimum atomic E-state index is 0.451. The number of allylic oxidation sites excluding steroid dienone is 2. The summed E-state index contributed by atoms with van der Waals surface area (Å²) < 4.78 is 5.01. The number of pyridine rings is 2. The van der Waals surface area contributed by atoms with Gasteiger partial charge in [0.1, 0.15) is 18.6 Å². The lowest BCUT2D eigenvalue weighted by molar-refractivity contribution is 0.199. The van der Waals surface area contributed by atoms with Crippen molar-refractivity contribution in [1.29, 1.82) is 5.26 Å². The van der Waals surface area contributed by atoms with Crippen LogP contribution in [0.5, 0.6) is 0 Å². The lowest BCUT2D eigenvalue weighted by atomic mass is 10.1. The Bertz CT molecular complexity index is 957. The van der Waals surface area contributed by atoms with Crippen LogP contribution >= 0.6 is 0 Å². The molecule has 2 aromatic rings. The molecule has 8 heteroatoms. The van der Waals surface area contributed by atoms with E-state index < -0.39 is 0 Å². The zero-order valence-corrected chi connectivity index (χ0v) is 18.8. The number of nitrogens with zero attached hydrogens (tertiary/aromatic N) is 5. The molecule has 0 aliphatic carbocycles. The summed E-state index contributed by atoms with van der Waals surface area (Å²) in [7, 11) is 1.69. The molecule has 1 aliphatic rings. The molecule has 0 radical (unpaired) electrons. The second-order valence-electron chi connectivity index (χ2n) is 7.63. The summed E-state index contributed by atoms with van der Waals surface area (Å²) in [5, 5.41) is 16.0. The quantitative estimate of drug-likeness (QED) is 0.415. The van der Waals surface area contributed by atoms with Crippen molar-refractivity contribution in [2.24, 2.45) is 4.99 Å². The zero-order chi connectivity index (χ0) is 22.6. The van der Waals surface area contributed by atoms with Crippen molar-refractivity contribution >= 4 is 23.3 Å². The maximum Gasteiger partial charge on any atom is 0.146 e. The zero-order valence-electron chi connectivity index (χ0n) is 18.8. The lowest BCUT2D eigenvalue weighted by Gasteiger charge is -2.18. The van der Waals surface area contributed by atoms with Crippen molar-refractivity contribution in [3.63, 3.8) is 0 Å². The van der Waals surface area contributed by atoms with E-state index >= 15 is 0 Å². The van der Waals surface area contributed by atoms with Gasteiger partial charge in [-0.3, -0.25) is 9.98 Å². The molecule has 0 atom stereocenters. The van der Waals surface area contributed by atoms with Crippen LogP contribution in [0.4, 0.5) is 11.5 Å². The van der Waals surface area contributed by atoms with Crippen molar-refractivity contribution < 1.29 is 4.74 Å². The molecule has 32 heavy (non-hydrogen) atoms. The second-order valence-corrected chi connectivity index (χ2v) is 7.63. The Morgan fingerprint density at radius 2 is 2.12 bits per heavy atom. The van der Waals surface area contributed by atoms with Gasteiger partial charge in [-0.15, -0.1) is 0 Å². The Kier molecular flexibility index (Phi) is 9.17. The fourth-order valence-corrected chi connectivity index (χ4v) is 3.41. The van der Waals surface area contributed by atoms with Gasteiger partial charge >= 0.3 is 0 Å². The second kappa shape index (κ2) is 12.5. The molecule has 0 spiro atoms. The third-order valence-corrected chi connectivity index (χ3v) is 5.27. The summed E-state index contributed by atoms with van der Waals surface area (Å²) in [6, 6.07) is 8.19. The molecule has 168 valence electrons. The highest BCUT2D eigenvalue weighted by Crippen LogP contribution is 2.24. The van der Waals surface area contributed by atoms with Crippen LogP contribution < -0.4 is 15.5 Å². The number of hydrogen-bond acceptors (Lipinski definition) is 8. The number of rotatable bonds is 11. The molecule has 0 unspecified atom stereocenters. The Hall–Kier alpha value is -3.28. The maximum absolute atomic E-state index is 9.54. The standard InChI is InChI=1S/C24H31N7O/c1-19(21-13-20(14-25)24(29-15-21)31-10-3-4-11-31)7-8-27-18-30-23-6-5-22(28-17-23)16-26-9-12-32-2/h5-8,13,15,17,26,30H,3-4,9-12,16,18H2,1-2H3/b19-7+,27-8-. The summed E-state index contributed by atoms with van der Waals surface area (Å²) in [4.78, 5) is 15.6. The Morgan fingerprint density at radius 1 is 1.28 bits per heavy atom. The van der Waals surface area contributed by atoms with Gasteiger partial charge < -0.3 is 20.3 Å². The van der Waals surface area contributed by atoms with E-state index in [0.717, 1.165) is 60.8 Å². The first-order valence-electron chi connectivity index (χ1n) is 10.9. The topological polar surface area (TPSA) is 98.5 Å². The van der Waals surface area contributed by atoms with Gasteiger partial charge in [0.2, 0.25) is 0 Å². The first kappa shape index (κ1) is 23.4. The van der Waals surface area contributed by atoms with Crippen LogP contribution in [0.25, 0.3) is 5.57 Å². The number of methoxy groups -OCH3 is 1. The third-order valence-electron chi connectivity index (χ3n) is 5.27. The fourth-order valence-electron chi connectivity index (χ4n) is 3.41. The van der Waals surface area contributed by atoms with Crippen molar-refractivity contribution in [2.45, 2.75) is 26.3 Å². The summed E-state index contributed by atoms with van der Waals surface area (Å²) in [6.07, 6.45) is 9.66.